The Labute approximate surface area is 96.9 Å². The second-order valence-electron chi connectivity index (χ2n) is 3.75. The molecule has 2 rings (SSSR count). The van der Waals surface area contributed by atoms with E-state index in [9.17, 15) is 15.3 Å². The van der Waals surface area contributed by atoms with Crippen LogP contribution < -0.4 is 11.1 Å². The standard InChI is InChI=1S/C9H13N5O3/c1-3(15)6(16)4-2-11-5-7(12-4)13-9(10)14-8(5)17/h3,6,11,15-16H,2H2,1H3,(H3,10,13,14,17). The van der Waals surface area contributed by atoms with Gasteiger partial charge in [0, 0.05) is 0 Å². The molecule has 0 aliphatic carbocycles. The summed E-state index contributed by atoms with van der Waals surface area (Å²) in [5.74, 6) is -0.252. The van der Waals surface area contributed by atoms with Gasteiger partial charge in [-0.25, -0.2) is 4.99 Å². The van der Waals surface area contributed by atoms with E-state index in [0.717, 1.165) is 0 Å². The summed E-state index contributed by atoms with van der Waals surface area (Å²) in [4.78, 5) is 11.4. The number of aliphatic hydroxyl groups is 2. The van der Waals surface area contributed by atoms with E-state index in [0.29, 0.717) is 5.71 Å². The van der Waals surface area contributed by atoms with Gasteiger partial charge in [0.15, 0.2) is 5.82 Å². The van der Waals surface area contributed by atoms with Gasteiger partial charge in [-0.2, -0.15) is 9.97 Å². The fourth-order valence-electron chi connectivity index (χ4n) is 1.50. The van der Waals surface area contributed by atoms with Crippen LogP contribution in [0.1, 0.15) is 6.92 Å². The average Bonchev–Trinajstić information content (AvgIpc) is 2.26. The number of aliphatic imine (C=N–C) groups is 1. The van der Waals surface area contributed by atoms with Gasteiger partial charge in [-0.1, -0.05) is 0 Å². The van der Waals surface area contributed by atoms with Gasteiger partial charge in [0.1, 0.15) is 11.8 Å². The molecule has 1 aliphatic heterocycles. The summed E-state index contributed by atoms with van der Waals surface area (Å²) >= 11 is 0. The first-order valence-electron chi connectivity index (χ1n) is 5.03. The number of rotatable bonds is 2. The van der Waals surface area contributed by atoms with Crippen LogP contribution in [0.3, 0.4) is 0 Å². The van der Waals surface area contributed by atoms with Crippen LogP contribution >= 0.6 is 0 Å². The lowest BCUT2D eigenvalue weighted by molar-refractivity contribution is 0.0731. The van der Waals surface area contributed by atoms with E-state index in [2.05, 4.69) is 20.3 Å². The van der Waals surface area contributed by atoms with E-state index >= 15 is 0 Å². The quantitative estimate of drug-likeness (QED) is 0.446. The van der Waals surface area contributed by atoms with Crippen LogP contribution in [-0.2, 0) is 0 Å². The molecule has 0 bridgehead atoms. The second kappa shape index (κ2) is 4.15. The molecule has 0 saturated heterocycles. The maximum absolute atomic E-state index is 9.66. The van der Waals surface area contributed by atoms with Gasteiger partial charge in [0.05, 0.1) is 18.4 Å². The van der Waals surface area contributed by atoms with Crippen molar-refractivity contribution in [2.75, 3.05) is 17.6 Å². The van der Waals surface area contributed by atoms with Crippen molar-refractivity contribution < 1.29 is 15.3 Å². The highest BCUT2D eigenvalue weighted by atomic mass is 16.3. The topological polar surface area (TPSA) is 137 Å². The normalized spacial score (nSPS) is 17.7. The number of aromatic hydroxyl groups is 1. The summed E-state index contributed by atoms with van der Waals surface area (Å²) in [5.41, 5.74) is 5.96. The Hall–Kier alpha value is -1.93. The van der Waals surface area contributed by atoms with Crippen molar-refractivity contribution in [3.05, 3.63) is 0 Å². The van der Waals surface area contributed by atoms with Crippen molar-refractivity contribution in [2.24, 2.45) is 4.99 Å². The average molecular weight is 239 g/mol. The van der Waals surface area contributed by atoms with Crippen LogP contribution in [0.25, 0.3) is 0 Å². The molecule has 0 amide bonds. The van der Waals surface area contributed by atoms with Crippen molar-refractivity contribution >= 4 is 23.2 Å². The van der Waals surface area contributed by atoms with Crippen molar-refractivity contribution in [2.45, 2.75) is 19.1 Å². The molecule has 0 saturated carbocycles. The molecule has 2 unspecified atom stereocenters. The Balaban J connectivity index is 2.41. The molecule has 0 radical (unpaired) electrons. The second-order valence-corrected chi connectivity index (χ2v) is 3.75. The van der Waals surface area contributed by atoms with E-state index in [-0.39, 0.29) is 29.9 Å². The Morgan fingerprint density at radius 3 is 2.71 bits per heavy atom. The summed E-state index contributed by atoms with van der Waals surface area (Å²) in [5, 5.41) is 31.2. The first-order valence-corrected chi connectivity index (χ1v) is 5.03. The minimum absolute atomic E-state index is 0.111. The zero-order valence-corrected chi connectivity index (χ0v) is 9.12. The third kappa shape index (κ3) is 2.12. The maximum atomic E-state index is 9.66. The van der Waals surface area contributed by atoms with E-state index < -0.39 is 12.2 Å². The Bertz CT molecular complexity index is 474. The number of fused-ring (bicyclic) bond motifs is 1. The van der Waals surface area contributed by atoms with Gasteiger partial charge >= 0.3 is 0 Å². The minimum Gasteiger partial charge on any atom is -0.492 e. The molecule has 1 aromatic rings. The van der Waals surface area contributed by atoms with Crippen LogP contribution in [0.4, 0.5) is 17.5 Å². The van der Waals surface area contributed by atoms with Crippen LogP contribution in [0, 0.1) is 0 Å². The molecular formula is C9H13N5O3. The van der Waals surface area contributed by atoms with E-state index in [4.69, 9.17) is 5.73 Å². The maximum Gasteiger partial charge on any atom is 0.242 e. The first-order chi connectivity index (χ1) is 7.99. The van der Waals surface area contributed by atoms with Crippen molar-refractivity contribution in [3.63, 3.8) is 0 Å². The summed E-state index contributed by atoms with van der Waals surface area (Å²) in [6.45, 7) is 1.65. The smallest absolute Gasteiger partial charge is 0.242 e. The number of nitrogens with two attached hydrogens (primary N) is 1. The summed E-state index contributed by atoms with van der Waals surface area (Å²) in [6, 6.07) is 0. The predicted octanol–water partition coefficient (Wildman–Crippen LogP) is -0.996. The zero-order chi connectivity index (χ0) is 12.6. The molecular weight excluding hydrogens is 226 g/mol. The molecule has 0 spiro atoms. The number of nitrogen functional groups attached to an aromatic ring is 1. The van der Waals surface area contributed by atoms with E-state index in [1.807, 2.05) is 0 Å². The lowest BCUT2D eigenvalue weighted by Crippen LogP contribution is -2.37. The fourth-order valence-corrected chi connectivity index (χ4v) is 1.50. The summed E-state index contributed by atoms with van der Waals surface area (Å²) in [7, 11) is 0. The highest BCUT2D eigenvalue weighted by molar-refractivity contribution is 5.98. The molecule has 8 heteroatoms. The van der Waals surface area contributed by atoms with Crippen molar-refractivity contribution in [3.8, 4) is 5.88 Å². The monoisotopic (exact) mass is 239 g/mol. The number of anilines is 2. The van der Waals surface area contributed by atoms with Crippen LogP contribution in [-0.4, -0.2) is 49.8 Å². The van der Waals surface area contributed by atoms with Crippen LogP contribution in [0.15, 0.2) is 4.99 Å². The molecule has 0 aromatic carbocycles. The summed E-state index contributed by atoms with van der Waals surface area (Å²) in [6.07, 6.45) is -2.03. The van der Waals surface area contributed by atoms with Gasteiger partial charge in [0.25, 0.3) is 0 Å². The molecule has 8 nitrogen and oxygen atoms in total. The molecule has 17 heavy (non-hydrogen) atoms. The summed E-state index contributed by atoms with van der Waals surface area (Å²) < 4.78 is 0. The van der Waals surface area contributed by atoms with Gasteiger partial charge < -0.3 is 26.4 Å². The number of nitrogens with zero attached hydrogens (tertiary/aromatic N) is 3. The molecule has 0 fully saturated rings. The highest BCUT2D eigenvalue weighted by Crippen LogP contribution is 2.33. The third-order valence-corrected chi connectivity index (χ3v) is 2.38. The van der Waals surface area contributed by atoms with Crippen molar-refractivity contribution in [1.29, 1.82) is 0 Å². The highest BCUT2D eigenvalue weighted by Gasteiger charge is 2.24. The van der Waals surface area contributed by atoms with E-state index in [1.165, 1.54) is 6.92 Å². The van der Waals surface area contributed by atoms with E-state index in [1.54, 1.807) is 0 Å². The van der Waals surface area contributed by atoms with Gasteiger partial charge in [-0.15, -0.1) is 0 Å². The number of nitrogens with one attached hydrogen (secondary N) is 1. The minimum atomic E-state index is -1.09. The zero-order valence-electron chi connectivity index (χ0n) is 9.12. The molecule has 1 aliphatic rings. The lowest BCUT2D eigenvalue weighted by Gasteiger charge is -2.22. The largest absolute Gasteiger partial charge is 0.492 e. The van der Waals surface area contributed by atoms with Crippen LogP contribution in [0.5, 0.6) is 5.88 Å². The fraction of sp³-hybridized carbons (Fsp3) is 0.444. The number of aromatic nitrogens is 2. The number of aliphatic hydroxyl groups excluding tert-OH is 2. The molecule has 92 valence electrons. The molecule has 6 N–H and O–H groups in total. The third-order valence-electron chi connectivity index (χ3n) is 2.38. The lowest BCUT2D eigenvalue weighted by atomic mass is 10.1. The Morgan fingerprint density at radius 1 is 1.35 bits per heavy atom. The predicted molar refractivity (Wildman–Crippen MR) is 61.4 cm³/mol. The number of hydrogen-bond donors (Lipinski definition) is 5. The number of hydrogen-bond acceptors (Lipinski definition) is 8. The SMILES string of the molecule is CC(O)C(O)C1=Nc2nc(N)nc(O)c2NC1. The van der Waals surface area contributed by atoms with Gasteiger partial charge in [-0.3, -0.25) is 0 Å². The van der Waals surface area contributed by atoms with Gasteiger partial charge in [-0.05, 0) is 6.92 Å². The van der Waals surface area contributed by atoms with Crippen molar-refractivity contribution in [1.82, 2.24) is 9.97 Å². The van der Waals surface area contributed by atoms with Crippen LogP contribution in [0.2, 0.25) is 0 Å². The molecule has 2 heterocycles. The first kappa shape index (κ1) is 11.6. The molecule has 1 aromatic heterocycles. The Kier molecular flexibility index (Phi) is 2.82. The van der Waals surface area contributed by atoms with Gasteiger partial charge in [0.2, 0.25) is 11.8 Å². The Morgan fingerprint density at radius 2 is 2.06 bits per heavy atom. The molecule has 2 atom stereocenters.